The molecule has 11 nitrogen and oxygen atoms in total. The third kappa shape index (κ3) is 4.98. The summed E-state index contributed by atoms with van der Waals surface area (Å²) in [5, 5.41) is 23.7. The number of nitrogens with one attached hydrogen (secondary N) is 4. The highest BCUT2D eigenvalue weighted by Crippen LogP contribution is 2.29. The summed E-state index contributed by atoms with van der Waals surface area (Å²) in [6.45, 7) is -0.295. The molecule has 35 heavy (non-hydrogen) atoms. The van der Waals surface area contributed by atoms with Crippen LogP contribution in [0, 0.1) is 5.82 Å². The van der Waals surface area contributed by atoms with Gasteiger partial charge in [-0.1, -0.05) is 6.07 Å². The maximum Gasteiger partial charge on any atom is 0.261 e. The number of aromatic nitrogens is 3. The highest BCUT2D eigenvalue weighted by molar-refractivity contribution is 6.00. The molecule has 2 heterocycles. The number of rotatable bonds is 8. The molecule has 0 saturated heterocycles. The van der Waals surface area contributed by atoms with Crippen molar-refractivity contribution < 1.29 is 24.2 Å². The fourth-order valence-corrected chi connectivity index (χ4v) is 3.70. The molecule has 1 atom stereocenters. The Balaban J connectivity index is 1.54. The number of aromatic amines is 2. The lowest BCUT2D eigenvalue weighted by atomic mass is 10.1. The largest absolute Gasteiger partial charge is 0.397 e. The summed E-state index contributed by atoms with van der Waals surface area (Å²) in [6.07, 6.45) is -1.34. The summed E-state index contributed by atoms with van der Waals surface area (Å²) in [6, 6.07) is 8.83. The molecule has 0 fully saturated rings. The van der Waals surface area contributed by atoms with Crippen LogP contribution in [-0.4, -0.2) is 62.8 Å². The van der Waals surface area contributed by atoms with Crippen LogP contribution >= 0.6 is 0 Å². The first-order chi connectivity index (χ1) is 16.8. The van der Waals surface area contributed by atoms with Crippen LogP contribution in [0.15, 0.2) is 41.2 Å². The fourth-order valence-electron chi connectivity index (χ4n) is 3.70. The minimum absolute atomic E-state index is 0.0209. The zero-order chi connectivity index (χ0) is 25.1. The van der Waals surface area contributed by atoms with Gasteiger partial charge in [0.2, 0.25) is 5.91 Å². The summed E-state index contributed by atoms with van der Waals surface area (Å²) in [4.78, 5) is 46.6. The van der Waals surface area contributed by atoms with Crippen LogP contribution in [0.5, 0.6) is 0 Å². The number of halogens is 1. The van der Waals surface area contributed by atoms with Gasteiger partial charge in [0, 0.05) is 18.7 Å². The van der Waals surface area contributed by atoms with Crippen LogP contribution in [0.4, 0.5) is 10.1 Å². The summed E-state index contributed by atoms with van der Waals surface area (Å²) >= 11 is 0. The molecule has 0 spiro atoms. The molecule has 0 aliphatic heterocycles. The first kappa shape index (κ1) is 23.9. The van der Waals surface area contributed by atoms with Crippen molar-refractivity contribution >= 4 is 39.4 Å². The minimum atomic E-state index is -1.11. The molecule has 2 aromatic heterocycles. The molecule has 4 rings (SSSR count). The van der Waals surface area contributed by atoms with Crippen LogP contribution in [0.2, 0.25) is 0 Å². The number of imidazole rings is 1. The quantitative estimate of drug-likeness (QED) is 0.189. The van der Waals surface area contributed by atoms with Gasteiger partial charge in [0.15, 0.2) is 0 Å². The Bertz CT molecular complexity index is 1480. The van der Waals surface area contributed by atoms with E-state index in [1.165, 1.54) is 24.3 Å². The second-order valence-corrected chi connectivity index (χ2v) is 7.86. The topological polar surface area (TPSA) is 186 Å². The van der Waals surface area contributed by atoms with Gasteiger partial charge in [-0.2, -0.15) is 0 Å². The average Bonchev–Trinajstić information content (AvgIpc) is 3.23. The van der Waals surface area contributed by atoms with Gasteiger partial charge >= 0.3 is 0 Å². The second kappa shape index (κ2) is 9.91. The van der Waals surface area contributed by atoms with E-state index in [0.717, 1.165) is 0 Å². The Morgan fingerprint density at radius 3 is 2.71 bits per heavy atom. The number of nitrogens with two attached hydrogens (primary N) is 1. The number of amides is 2. The molecule has 0 saturated carbocycles. The van der Waals surface area contributed by atoms with Crippen molar-refractivity contribution in [2.45, 2.75) is 12.5 Å². The Morgan fingerprint density at radius 1 is 1.14 bits per heavy atom. The molecule has 0 aliphatic rings. The predicted octanol–water partition coefficient (Wildman–Crippen LogP) is 0.382. The number of hydrogen-bond donors (Lipinski definition) is 7. The van der Waals surface area contributed by atoms with E-state index < -0.39 is 29.3 Å². The normalized spacial score (nSPS) is 12.1. The summed E-state index contributed by atoms with van der Waals surface area (Å²) in [7, 11) is 0. The summed E-state index contributed by atoms with van der Waals surface area (Å²) in [5.41, 5.74) is 6.90. The Labute approximate surface area is 197 Å². The Hall–Kier alpha value is -4.29. The second-order valence-electron chi connectivity index (χ2n) is 7.86. The van der Waals surface area contributed by atoms with Crippen LogP contribution in [-0.2, 0) is 4.79 Å². The van der Waals surface area contributed by atoms with Crippen molar-refractivity contribution in [1.82, 2.24) is 25.6 Å². The number of H-pyrrole nitrogens is 2. The van der Waals surface area contributed by atoms with E-state index in [0.29, 0.717) is 11.0 Å². The maximum atomic E-state index is 14.3. The van der Waals surface area contributed by atoms with E-state index in [1.807, 2.05) is 0 Å². The number of anilines is 1. The summed E-state index contributed by atoms with van der Waals surface area (Å²) < 4.78 is 14.3. The van der Waals surface area contributed by atoms with Gasteiger partial charge in [0.25, 0.3) is 11.5 Å². The van der Waals surface area contributed by atoms with Gasteiger partial charge in [-0.25, -0.2) is 9.37 Å². The SMILES string of the molecule is Nc1c(-c2nc3ccc(C(=O)NCC(O)CC(=O)NCCO)cc3[nH]2)c(=O)[nH]c2cccc(F)c12. The number of fused-ring (bicyclic) bond motifs is 2. The average molecular weight is 482 g/mol. The molecular weight excluding hydrogens is 459 g/mol. The minimum Gasteiger partial charge on any atom is -0.397 e. The molecule has 1 unspecified atom stereocenters. The number of aliphatic hydroxyl groups is 2. The van der Waals surface area contributed by atoms with Crippen LogP contribution in [0.25, 0.3) is 33.3 Å². The van der Waals surface area contributed by atoms with E-state index >= 15 is 0 Å². The van der Waals surface area contributed by atoms with Crippen LogP contribution in [0.1, 0.15) is 16.8 Å². The number of pyridine rings is 1. The molecule has 0 aliphatic carbocycles. The number of carbonyl (C=O) groups is 2. The summed E-state index contributed by atoms with van der Waals surface area (Å²) in [5.74, 6) is -1.41. The third-order valence-electron chi connectivity index (χ3n) is 5.36. The zero-order valence-electron chi connectivity index (χ0n) is 18.4. The molecular formula is C23H23FN6O5. The monoisotopic (exact) mass is 482 g/mol. The number of benzene rings is 2. The molecule has 182 valence electrons. The van der Waals surface area contributed by atoms with Gasteiger partial charge in [-0.05, 0) is 30.3 Å². The molecule has 0 radical (unpaired) electrons. The van der Waals surface area contributed by atoms with Crippen LogP contribution in [0.3, 0.4) is 0 Å². The molecule has 12 heteroatoms. The van der Waals surface area contributed by atoms with Crippen LogP contribution < -0.4 is 21.9 Å². The van der Waals surface area contributed by atoms with Gasteiger partial charge in [-0.3, -0.25) is 14.4 Å². The molecule has 4 aromatic rings. The number of carbonyl (C=O) groups excluding carboxylic acids is 2. The Kier molecular flexibility index (Phi) is 6.75. The number of nitrogen functional groups attached to an aromatic ring is 1. The van der Waals surface area contributed by atoms with Crippen molar-refractivity contribution in [1.29, 1.82) is 0 Å². The molecule has 2 aromatic carbocycles. The first-order valence-corrected chi connectivity index (χ1v) is 10.7. The van der Waals surface area contributed by atoms with Gasteiger partial charge in [0.1, 0.15) is 17.2 Å². The fraction of sp³-hybridized carbons (Fsp3) is 0.217. The highest BCUT2D eigenvalue weighted by atomic mass is 19.1. The van der Waals surface area contributed by atoms with E-state index in [9.17, 15) is 23.9 Å². The molecule has 0 bridgehead atoms. The molecule has 8 N–H and O–H groups in total. The lowest BCUT2D eigenvalue weighted by molar-refractivity contribution is -0.123. The van der Waals surface area contributed by atoms with E-state index in [2.05, 4.69) is 25.6 Å². The lowest BCUT2D eigenvalue weighted by Crippen LogP contribution is -2.36. The van der Waals surface area contributed by atoms with E-state index in [4.69, 9.17) is 10.8 Å². The predicted molar refractivity (Wildman–Crippen MR) is 127 cm³/mol. The van der Waals surface area contributed by atoms with Gasteiger partial charge < -0.3 is 36.5 Å². The third-order valence-corrected chi connectivity index (χ3v) is 5.36. The van der Waals surface area contributed by atoms with Crippen molar-refractivity contribution in [3.63, 3.8) is 0 Å². The standard InChI is InChI=1S/C23H23FN6O5/c24-13-2-1-3-15-18(13)20(25)19(23(35)30-15)21-28-14-5-4-11(8-16(14)29-21)22(34)27-10-12(32)9-17(33)26-6-7-31/h1-5,8,12,31-32H,6-7,9-10H2,(H,26,33)(H,27,34)(H,28,29)(H3,25,30,35). The van der Waals surface area contributed by atoms with Crippen molar-refractivity contribution in [2.75, 3.05) is 25.4 Å². The zero-order valence-corrected chi connectivity index (χ0v) is 18.4. The number of hydrogen-bond acceptors (Lipinski definition) is 7. The number of nitrogens with zero attached hydrogens (tertiary/aromatic N) is 1. The Morgan fingerprint density at radius 2 is 1.94 bits per heavy atom. The van der Waals surface area contributed by atoms with Crippen molar-refractivity contribution in [2.24, 2.45) is 0 Å². The van der Waals surface area contributed by atoms with E-state index in [1.54, 1.807) is 12.1 Å². The smallest absolute Gasteiger partial charge is 0.261 e. The molecule has 2 amide bonds. The van der Waals surface area contributed by atoms with Gasteiger partial charge in [0.05, 0.1) is 46.8 Å². The maximum absolute atomic E-state index is 14.3. The van der Waals surface area contributed by atoms with Gasteiger partial charge in [-0.15, -0.1) is 0 Å². The first-order valence-electron chi connectivity index (χ1n) is 10.7. The van der Waals surface area contributed by atoms with Crippen molar-refractivity contribution in [3.8, 4) is 11.4 Å². The lowest BCUT2D eigenvalue weighted by Gasteiger charge is -2.12. The highest BCUT2D eigenvalue weighted by Gasteiger charge is 2.19. The van der Waals surface area contributed by atoms with Crippen molar-refractivity contribution in [3.05, 3.63) is 58.1 Å². The van der Waals surface area contributed by atoms with E-state index in [-0.39, 0.29) is 59.7 Å². The number of aliphatic hydroxyl groups excluding tert-OH is 2.